The molecule has 166 valence electrons. The lowest BCUT2D eigenvalue weighted by molar-refractivity contribution is -0.117. The number of hydrogen-bond donors (Lipinski definition) is 2. The molecule has 7 nitrogen and oxygen atoms in total. The van der Waals surface area contributed by atoms with Crippen molar-refractivity contribution in [2.75, 3.05) is 19.5 Å². The number of allylic oxidation sites excluding steroid dienone is 3. The van der Waals surface area contributed by atoms with Gasteiger partial charge in [-0.05, 0) is 37.5 Å². The molecule has 2 aliphatic rings. The molecule has 0 fully saturated rings. The number of methoxy groups -OCH3 is 2. The van der Waals surface area contributed by atoms with Crippen LogP contribution in [0.2, 0.25) is 0 Å². The topological polar surface area (TPSA) is 89.5 Å². The van der Waals surface area contributed by atoms with Crippen LogP contribution in [0.15, 0.2) is 65.1 Å². The van der Waals surface area contributed by atoms with E-state index in [-0.39, 0.29) is 17.6 Å². The number of aromatic nitrogens is 1. The van der Waals surface area contributed by atoms with Crippen molar-refractivity contribution >= 4 is 17.5 Å². The Morgan fingerprint density at radius 3 is 2.62 bits per heavy atom. The second-order valence-corrected chi connectivity index (χ2v) is 8.18. The Bertz CT molecular complexity index is 1120. The fourth-order valence-corrected chi connectivity index (χ4v) is 4.61. The number of amides is 1. The summed E-state index contributed by atoms with van der Waals surface area (Å²) in [5, 5.41) is 6.22. The summed E-state index contributed by atoms with van der Waals surface area (Å²) in [4.78, 5) is 31.0. The molecule has 1 aliphatic heterocycles. The molecule has 32 heavy (non-hydrogen) atoms. The van der Waals surface area contributed by atoms with E-state index in [9.17, 15) is 9.59 Å². The zero-order chi connectivity index (χ0) is 22.8. The van der Waals surface area contributed by atoms with Crippen molar-refractivity contribution in [1.82, 2.24) is 10.3 Å². The van der Waals surface area contributed by atoms with Crippen LogP contribution in [0.1, 0.15) is 38.2 Å². The van der Waals surface area contributed by atoms with Gasteiger partial charge in [0.25, 0.3) is 5.91 Å². The second kappa shape index (κ2) is 8.86. The van der Waals surface area contributed by atoms with E-state index in [1.165, 1.54) is 0 Å². The third kappa shape index (κ3) is 3.86. The third-order valence-electron chi connectivity index (χ3n) is 5.93. The maximum Gasteiger partial charge on any atom is 0.255 e. The van der Waals surface area contributed by atoms with Crippen LogP contribution in [-0.2, 0) is 9.59 Å². The molecule has 0 unspecified atom stereocenters. The first-order valence-corrected chi connectivity index (χ1v) is 10.6. The lowest BCUT2D eigenvalue weighted by atomic mass is 9.72. The van der Waals surface area contributed by atoms with Crippen molar-refractivity contribution in [3.05, 3.63) is 70.7 Å². The number of para-hydroxylation sites is 1. The number of dihydropyridines is 1. The summed E-state index contributed by atoms with van der Waals surface area (Å²) in [6.45, 7) is 3.92. The molecular formula is C25H27N3O4. The van der Waals surface area contributed by atoms with Gasteiger partial charge in [0.1, 0.15) is 5.82 Å². The van der Waals surface area contributed by atoms with E-state index in [1.54, 1.807) is 44.7 Å². The van der Waals surface area contributed by atoms with Gasteiger partial charge in [0.05, 0.1) is 20.1 Å². The molecule has 1 aliphatic carbocycles. The smallest absolute Gasteiger partial charge is 0.255 e. The number of hydrogen-bond acceptors (Lipinski definition) is 6. The molecule has 0 spiro atoms. The van der Waals surface area contributed by atoms with E-state index in [2.05, 4.69) is 22.5 Å². The van der Waals surface area contributed by atoms with Crippen molar-refractivity contribution in [3.8, 4) is 11.5 Å². The number of carbonyl (C=O) groups is 2. The maximum absolute atomic E-state index is 13.5. The Balaban J connectivity index is 1.88. The summed E-state index contributed by atoms with van der Waals surface area (Å²) in [7, 11) is 3.13. The van der Waals surface area contributed by atoms with Crippen molar-refractivity contribution in [3.63, 3.8) is 0 Å². The number of benzene rings is 1. The fourth-order valence-electron chi connectivity index (χ4n) is 4.61. The SMILES string of the molecule is COc1cccc([C@H]2C(C(=O)Nc3ccccn3)=C(C)NC3=C2C(=O)C[C@@H](C)C3)c1OC. The number of anilines is 1. The average molecular weight is 434 g/mol. The van der Waals surface area contributed by atoms with E-state index in [1.807, 2.05) is 19.1 Å². The molecule has 1 amide bonds. The summed E-state index contributed by atoms with van der Waals surface area (Å²) in [6.07, 6.45) is 2.80. The Hall–Kier alpha value is -3.61. The van der Waals surface area contributed by atoms with E-state index in [0.717, 1.165) is 12.1 Å². The van der Waals surface area contributed by atoms with Gasteiger partial charge in [-0.15, -0.1) is 0 Å². The monoisotopic (exact) mass is 433 g/mol. The zero-order valence-corrected chi connectivity index (χ0v) is 18.7. The van der Waals surface area contributed by atoms with Gasteiger partial charge < -0.3 is 20.1 Å². The van der Waals surface area contributed by atoms with Crippen LogP contribution in [0.3, 0.4) is 0 Å². The summed E-state index contributed by atoms with van der Waals surface area (Å²) >= 11 is 0. The first-order chi connectivity index (χ1) is 15.4. The van der Waals surface area contributed by atoms with Gasteiger partial charge in [0.2, 0.25) is 0 Å². The molecule has 4 rings (SSSR count). The first kappa shape index (κ1) is 21.6. The van der Waals surface area contributed by atoms with Gasteiger partial charge in [-0.1, -0.05) is 25.1 Å². The Morgan fingerprint density at radius 2 is 1.94 bits per heavy atom. The molecular weight excluding hydrogens is 406 g/mol. The minimum atomic E-state index is -0.583. The standard InChI is InChI=1S/C25H27N3O4/c1-14-12-17-23(18(29)13-14)22(16-8-7-9-19(31-3)24(16)32-4)21(15(2)27-17)25(30)28-20-10-5-6-11-26-20/h5-11,14,22,27H,12-13H2,1-4H3,(H,26,28,30)/t14-,22-/m0/s1. The van der Waals surface area contributed by atoms with Crippen LogP contribution in [0.4, 0.5) is 5.82 Å². The van der Waals surface area contributed by atoms with Crippen LogP contribution < -0.4 is 20.1 Å². The van der Waals surface area contributed by atoms with Crippen molar-refractivity contribution < 1.29 is 19.1 Å². The molecule has 0 radical (unpaired) electrons. The van der Waals surface area contributed by atoms with Crippen molar-refractivity contribution in [2.45, 2.75) is 32.6 Å². The lowest BCUT2D eigenvalue weighted by Crippen LogP contribution is -2.37. The Kier molecular flexibility index (Phi) is 5.99. The highest BCUT2D eigenvalue weighted by molar-refractivity contribution is 6.09. The van der Waals surface area contributed by atoms with Gasteiger partial charge in [0.15, 0.2) is 17.3 Å². The van der Waals surface area contributed by atoms with E-state index >= 15 is 0 Å². The van der Waals surface area contributed by atoms with E-state index in [0.29, 0.717) is 46.1 Å². The van der Waals surface area contributed by atoms with E-state index in [4.69, 9.17) is 9.47 Å². The minimum absolute atomic E-state index is 0.0387. The maximum atomic E-state index is 13.5. The number of rotatable bonds is 5. The van der Waals surface area contributed by atoms with Gasteiger partial charge in [-0.2, -0.15) is 0 Å². The predicted octanol–water partition coefficient (Wildman–Crippen LogP) is 3.95. The van der Waals surface area contributed by atoms with Gasteiger partial charge in [0, 0.05) is 40.7 Å². The summed E-state index contributed by atoms with van der Waals surface area (Å²) in [5.41, 5.74) is 3.37. The molecule has 2 heterocycles. The number of carbonyl (C=O) groups excluding carboxylic acids is 2. The Morgan fingerprint density at radius 1 is 1.12 bits per heavy atom. The number of nitrogens with one attached hydrogen (secondary N) is 2. The quantitative estimate of drug-likeness (QED) is 0.742. The van der Waals surface area contributed by atoms with Gasteiger partial charge in [-0.3, -0.25) is 9.59 Å². The summed E-state index contributed by atoms with van der Waals surface area (Å²) in [6, 6.07) is 10.8. The van der Waals surface area contributed by atoms with Gasteiger partial charge in [-0.25, -0.2) is 4.98 Å². The normalized spacial score (nSPS) is 20.4. The number of ether oxygens (including phenoxy) is 2. The summed E-state index contributed by atoms with van der Waals surface area (Å²) < 4.78 is 11.2. The highest BCUT2D eigenvalue weighted by Crippen LogP contribution is 2.48. The number of pyridine rings is 1. The molecule has 7 heteroatoms. The largest absolute Gasteiger partial charge is 0.493 e. The van der Waals surface area contributed by atoms with Gasteiger partial charge >= 0.3 is 0 Å². The second-order valence-electron chi connectivity index (χ2n) is 8.18. The minimum Gasteiger partial charge on any atom is -0.493 e. The number of Topliss-reactive ketones (excluding diaryl/α,β-unsaturated/α-hetero) is 1. The van der Waals surface area contributed by atoms with Crippen LogP contribution in [0, 0.1) is 5.92 Å². The molecule has 2 atom stereocenters. The van der Waals surface area contributed by atoms with Crippen LogP contribution >= 0.6 is 0 Å². The van der Waals surface area contributed by atoms with Crippen molar-refractivity contribution in [1.29, 1.82) is 0 Å². The average Bonchev–Trinajstić information content (AvgIpc) is 2.77. The van der Waals surface area contributed by atoms with Crippen molar-refractivity contribution in [2.24, 2.45) is 5.92 Å². The molecule has 2 N–H and O–H groups in total. The van der Waals surface area contributed by atoms with Crippen LogP contribution in [0.5, 0.6) is 11.5 Å². The highest BCUT2D eigenvalue weighted by Gasteiger charge is 2.41. The van der Waals surface area contributed by atoms with E-state index < -0.39 is 5.92 Å². The lowest BCUT2D eigenvalue weighted by Gasteiger charge is -2.36. The molecule has 1 aromatic heterocycles. The third-order valence-corrected chi connectivity index (χ3v) is 5.93. The molecule has 0 saturated carbocycles. The number of ketones is 1. The number of nitrogens with zero attached hydrogens (tertiary/aromatic N) is 1. The van der Waals surface area contributed by atoms with Crippen LogP contribution in [-0.4, -0.2) is 30.9 Å². The van der Waals surface area contributed by atoms with Crippen LogP contribution in [0.25, 0.3) is 0 Å². The Labute approximate surface area is 187 Å². The highest BCUT2D eigenvalue weighted by atomic mass is 16.5. The zero-order valence-electron chi connectivity index (χ0n) is 18.7. The molecule has 1 aromatic carbocycles. The molecule has 0 saturated heterocycles. The fraction of sp³-hybridized carbons (Fsp3) is 0.320. The molecule has 2 aromatic rings. The summed E-state index contributed by atoms with van der Waals surface area (Å²) in [5.74, 6) is 0.870. The molecule has 0 bridgehead atoms. The predicted molar refractivity (Wildman–Crippen MR) is 121 cm³/mol. The first-order valence-electron chi connectivity index (χ1n) is 10.6.